The fraction of sp³-hybridized carbons (Fsp3) is 0.552. The zero-order valence-electron chi connectivity index (χ0n) is 26.4. The molecule has 1 aromatic carbocycles. The minimum absolute atomic E-state index is 0.0251. The van der Waals surface area contributed by atoms with Crippen molar-refractivity contribution in [3.63, 3.8) is 0 Å². The molecule has 0 aromatic heterocycles. The van der Waals surface area contributed by atoms with Gasteiger partial charge in [-0.05, 0) is 43.6 Å². The van der Waals surface area contributed by atoms with Gasteiger partial charge in [0.05, 0.1) is 6.54 Å². The van der Waals surface area contributed by atoms with E-state index >= 15 is 0 Å². The maximum absolute atomic E-state index is 13.6. The Kier molecular flexibility index (Phi) is 17.8. The second kappa shape index (κ2) is 20.9. The van der Waals surface area contributed by atoms with E-state index in [1.54, 1.807) is 24.3 Å². The molecule has 17 nitrogen and oxygen atoms in total. The number of nitrogens with one attached hydrogen (secondary N) is 8. The molecule has 0 radical (unpaired) electrons. The van der Waals surface area contributed by atoms with Crippen LogP contribution in [0.3, 0.4) is 0 Å². The predicted molar refractivity (Wildman–Crippen MR) is 172 cm³/mol. The Morgan fingerprint density at radius 1 is 0.739 bits per heavy atom. The first-order valence-corrected chi connectivity index (χ1v) is 15.1. The molecule has 0 bridgehead atoms. The monoisotopic (exact) mass is 647 g/mol. The van der Waals surface area contributed by atoms with E-state index in [2.05, 4.69) is 31.9 Å². The molecule has 0 saturated heterocycles. The number of hydrogen-bond acceptors (Lipinski definition) is 8. The Bertz CT molecular complexity index is 1180. The number of rotatable bonds is 21. The number of benzene rings is 1. The normalized spacial score (nSPS) is 13.3. The molecule has 4 amide bonds. The van der Waals surface area contributed by atoms with Crippen molar-refractivity contribution in [3.05, 3.63) is 35.9 Å². The van der Waals surface area contributed by atoms with Crippen LogP contribution >= 0.6 is 0 Å². The lowest BCUT2D eigenvalue weighted by atomic mass is 10.00. The first-order chi connectivity index (χ1) is 21.7. The van der Waals surface area contributed by atoms with Gasteiger partial charge in [0.2, 0.25) is 23.6 Å². The summed E-state index contributed by atoms with van der Waals surface area (Å²) in [4.78, 5) is 64.3. The van der Waals surface area contributed by atoms with Crippen molar-refractivity contribution >= 4 is 41.5 Å². The summed E-state index contributed by atoms with van der Waals surface area (Å²) in [6.07, 6.45) is 0.981. The fourth-order valence-corrected chi connectivity index (χ4v) is 4.42. The highest BCUT2D eigenvalue weighted by atomic mass is 16.4. The van der Waals surface area contributed by atoms with Crippen molar-refractivity contribution < 1.29 is 29.1 Å². The minimum atomic E-state index is -1.29. The zero-order chi connectivity index (χ0) is 34.6. The Balaban J connectivity index is 3.14. The molecule has 0 aliphatic rings. The summed E-state index contributed by atoms with van der Waals surface area (Å²) in [5, 5.41) is 39.8. The molecule has 0 saturated carbocycles. The predicted octanol–water partition coefficient (Wildman–Crippen LogP) is -2.22. The molecule has 0 aliphatic heterocycles. The highest BCUT2D eigenvalue weighted by Crippen LogP contribution is 2.10. The summed E-state index contributed by atoms with van der Waals surface area (Å²) in [6.45, 7) is 3.79. The largest absolute Gasteiger partial charge is 0.480 e. The van der Waals surface area contributed by atoms with Crippen LogP contribution in [0.5, 0.6) is 0 Å². The number of hydrogen-bond donors (Lipinski definition) is 12. The second-order valence-electron chi connectivity index (χ2n) is 11.1. The van der Waals surface area contributed by atoms with Crippen molar-refractivity contribution in [3.8, 4) is 0 Å². The van der Waals surface area contributed by atoms with Crippen LogP contribution in [0.1, 0.15) is 51.5 Å². The van der Waals surface area contributed by atoms with Gasteiger partial charge in [-0.15, -0.1) is 0 Å². The smallest absolute Gasteiger partial charge is 0.326 e. The molecule has 1 rings (SSSR count). The van der Waals surface area contributed by atoms with E-state index in [1.807, 2.05) is 19.9 Å². The number of carboxylic acids is 1. The van der Waals surface area contributed by atoms with Gasteiger partial charge in [-0.3, -0.25) is 30.0 Å². The van der Waals surface area contributed by atoms with Crippen LogP contribution in [-0.2, 0) is 30.4 Å². The molecule has 15 N–H and O–H groups in total. The lowest BCUT2D eigenvalue weighted by molar-refractivity contribution is -0.142. The van der Waals surface area contributed by atoms with Gasteiger partial charge in [0.1, 0.15) is 24.2 Å². The molecule has 0 unspecified atom stereocenters. The third-order valence-corrected chi connectivity index (χ3v) is 6.68. The minimum Gasteiger partial charge on any atom is -0.480 e. The van der Waals surface area contributed by atoms with E-state index in [0.29, 0.717) is 0 Å². The Labute approximate surface area is 268 Å². The van der Waals surface area contributed by atoms with Crippen LogP contribution in [0, 0.1) is 16.7 Å². The molecule has 0 heterocycles. The number of carbonyl (C=O) groups is 5. The van der Waals surface area contributed by atoms with Gasteiger partial charge >= 0.3 is 5.97 Å². The Morgan fingerprint density at radius 2 is 1.22 bits per heavy atom. The van der Waals surface area contributed by atoms with Gasteiger partial charge in [0.25, 0.3) is 0 Å². The first-order valence-electron chi connectivity index (χ1n) is 15.1. The second-order valence-corrected chi connectivity index (χ2v) is 11.1. The number of aliphatic carboxylic acids is 1. The van der Waals surface area contributed by atoms with Gasteiger partial charge < -0.3 is 54.2 Å². The van der Waals surface area contributed by atoms with Gasteiger partial charge in [0.15, 0.2) is 11.9 Å². The molecule has 0 aliphatic carbocycles. The molecule has 256 valence electrons. The maximum atomic E-state index is 13.6. The van der Waals surface area contributed by atoms with Crippen molar-refractivity contribution in [1.29, 1.82) is 10.8 Å². The number of amides is 4. The Hall–Kier alpha value is -4.93. The maximum Gasteiger partial charge on any atom is 0.326 e. The topological polar surface area (TPSA) is 304 Å². The van der Waals surface area contributed by atoms with E-state index in [1.165, 1.54) is 0 Å². The number of guanidine groups is 2. The fourth-order valence-electron chi connectivity index (χ4n) is 4.42. The average molecular weight is 648 g/mol. The molecule has 1 aromatic rings. The molecular weight excluding hydrogens is 598 g/mol. The van der Waals surface area contributed by atoms with E-state index in [9.17, 15) is 29.1 Å². The van der Waals surface area contributed by atoms with E-state index in [0.717, 1.165) is 5.56 Å². The summed E-state index contributed by atoms with van der Waals surface area (Å²) in [5.74, 6) is -4.50. The standard InChI is InChI=1S/C29H49N11O6/c1-17(2)14-21(40-26(44)22(37-23(41)16-30)15-18-8-4-3-5-9-18)25(43)38-19(10-6-12-35-28(31)32)24(42)39-20(27(45)46)11-7-13-36-29(33)34/h3-5,8-9,17,19-22H,6-7,10-16,30H2,1-2H3,(H,37,41)(H,38,43)(H,39,42)(H,40,44)(H,45,46)(H4,31,32,35)(H4,33,34,36)/t19-,20-,21-,22-/m0/s1. The number of carbonyl (C=O) groups excluding carboxylic acids is 4. The molecule has 0 spiro atoms. The van der Waals surface area contributed by atoms with Crippen molar-refractivity contribution in [2.45, 2.75) is 76.5 Å². The lowest BCUT2D eigenvalue weighted by Gasteiger charge is -2.27. The van der Waals surface area contributed by atoms with Gasteiger partial charge in [-0.1, -0.05) is 44.2 Å². The van der Waals surface area contributed by atoms with Crippen LogP contribution in [0.2, 0.25) is 0 Å². The van der Waals surface area contributed by atoms with Crippen LogP contribution in [0.25, 0.3) is 0 Å². The summed E-state index contributed by atoms with van der Waals surface area (Å²) in [5.41, 5.74) is 16.8. The SMILES string of the molecule is CC(C)C[C@H](NC(=O)[C@H](Cc1ccccc1)NC(=O)CN)C(=O)N[C@@H](CCCNC(=N)N)C(=O)N[C@@H](CCCNC(=N)N)C(=O)O. The van der Waals surface area contributed by atoms with Crippen LogP contribution < -0.4 is 49.1 Å². The highest BCUT2D eigenvalue weighted by molar-refractivity contribution is 5.95. The van der Waals surface area contributed by atoms with Crippen LogP contribution in [0.4, 0.5) is 0 Å². The molecular formula is C29H49N11O6. The lowest BCUT2D eigenvalue weighted by Crippen LogP contribution is -2.58. The average Bonchev–Trinajstić information content (AvgIpc) is 2.98. The summed E-state index contributed by atoms with van der Waals surface area (Å²) < 4.78 is 0. The van der Waals surface area contributed by atoms with E-state index < -0.39 is 53.8 Å². The third-order valence-electron chi connectivity index (χ3n) is 6.68. The molecule has 46 heavy (non-hydrogen) atoms. The van der Waals surface area contributed by atoms with Gasteiger partial charge in [-0.2, -0.15) is 0 Å². The van der Waals surface area contributed by atoms with Crippen LogP contribution in [-0.4, -0.2) is 90.4 Å². The number of nitrogens with two attached hydrogens (primary N) is 3. The quantitative estimate of drug-likeness (QED) is 0.0385. The Morgan fingerprint density at radius 3 is 1.72 bits per heavy atom. The van der Waals surface area contributed by atoms with Crippen molar-refractivity contribution in [2.24, 2.45) is 23.1 Å². The highest BCUT2D eigenvalue weighted by Gasteiger charge is 2.31. The van der Waals surface area contributed by atoms with E-state index in [4.69, 9.17) is 28.0 Å². The molecule has 17 heteroatoms. The van der Waals surface area contributed by atoms with Crippen molar-refractivity contribution in [1.82, 2.24) is 31.9 Å². The summed E-state index contributed by atoms with van der Waals surface area (Å²) in [6, 6.07) is 4.37. The van der Waals surface area contributed by atoms with Gasteiger partial charge in [-0.25, -0.2) is 4.79 Å². The molecule has 4 atom stereocenters. The zero-order valence-corrected chi connectivity index (χ0v) is 26.4. The van der Waals surface area contributed by atoms with Crippen molar-refractivity contribution in [2.75, 3.05) is 19.6 Å². The summed E-state index contributed by atoms with van der Waals surface area (Å²) >= 11 is 0. The van der Waals surface area contributed by atoms with E-state index in [-0.39, 0.29) is 76.0 Å². The molecule has 0 fully saturated rings. The van der Waals surface area contributed by atoms with Crippen LogP contribution in [0.15, 0.2) is 30.3 Å². The first kappa shape index (κ1) is 39.1. The summed E-state index contributed by atoms with van der Waals surface area (Å²) in [7, 11) is 0. The third kappa shape index (κ3) is 16.2. The van der Waals surface area contributed by atoms with Gasteiger partial charge in [0, 0.05) is 19.5 Å². The number of carboxylic acid groups (broad SMARTS) is 1.